The van der Waals surface area contributed by atoms with Gasteiger partial charge in [0.2, 0.25) is 20.4 Å². The van der Waals surface area contributed by atoms with E-state index in [2.05, 4.69) is 88.4 Å². The van der Waals surface area contributed by atoms with Crippen molar-refractivity contribution in [2.24, 2.45) is 0 Å². The molecule has 3 aliphatic heterocycles. The number of hydrogen-bond donors (Lipinski definition) is 0. The van der Waals surface area contributed by atoms with Crippen LogP contribution in [0.1, 0.15) is 375 Å². The summed E-state index contributed by atoms with van der Waals surface area (Å²) in [6.45, 7) is 8.89. The number of nitriles is 4. The van der Waals surface area contributed by atoms with Gasteiger partial charge in [-0.15, -0.1) is 0 Å². The van der Waals surface area contributed by atoms with Crippen LogP contribution in [-0.4, -0.2) is 20.4 Å². The van der Waals surface area contributed by atoms with E-state index < -0.39 is 5.92 Å². The third-order valence-corrected chi connectivity index (χ3v) is 22.2. The number of nitrogens with zero attached hydrogens (tertiary/aromatic N) is 4. The van der Waals surface area contributed by atoms with Gasteiger partial charge in [-0.3, -0.25) is 0 Å². The Kier molecular flexibility index (Phi) is 31.4. The number of hydrogen-bond acceptors (Lipinski definition) is 12. The molecule has 8 bridgehead atoms. The standard InChI is InChI=1S/C91H116N4O8/c1-5-9-13-17-21-25-29-33-37-45-68-72-51-74-69(46-38-34-30-26-22-18-14-10-6-2)76-53-78-71(48-40-36-32-28-24-20-16-12-8-4)79-54-77-70(47-39-35-31-27-23-19-15-11-7-3)75-52-73(68)85(56-87(75)99-65-101-89(77)58-91(79)103-83-50-42-44-67(60-93)81(83)62-95)97-63-96-84(72)55-86(74)98-64-100-88(76)57-90(78)102-82-49-41-43-66(59-92)80(82)61-94/h41-44,49-58,68-71H,5-40,45-48,63-65H2,1-4H3. The molecule has 0 aromatic heterocycles. The highest BCUT2D eigenvalue weighted by molar-refractivity contribution is 5.66. The van der Waals surface area contributed by atoms with E-state index in [1.807, 2.05) is 12.1 Å². The number of benzene rings is 6. The average Bonchev–Trinajstić information content (AvgIpc) is 0.740. The first-order valence-electron chi connectivity index (χ1n) is 40.5. The van der Waals surface area contributed by atoms with Crippen LogP contribution >= 0.6 is 0 Å². The molecule has 4 aliphatic rings. The van der Waals surface area contributed by atoms with Crippen molar-refractivity contribution >= 4 is 0 Å². The lowest BCUT2D eigenvalue weighted by atomic mass is 9.76. The summed E-state index contributed by atoms with van der Waals surface area (Å²) in [4.78, 5) is 0. The van der Waals surface area contributed by atoms with Gasteiger partial charge in [-0.2, -0.15) is 21.0 Å². The first-order valence-corrected chi connectivity index (χ1v) is 40.5. The molecule has 548 valence electrons. The van der Waals surface area contributed by atoms with E-state index in [4.69, 9.17) is 37.9 Å². The molecule has 0 spiro atoms. The van der Waals surface area contributed by atoms with Crippen LogP contribution in [0.3, 0.4) is 0 Å². The first kappa shape index (κ1) is 77.3. The van der Waals surface area contributed by atoms with Gasteiger partial charge >= 0.3 is 0 Å². The zero-order chi connectivity index (χ0) is 71.8. The van der Waals surface area contributed by atoms with E-state index in [0.29, 0.717) is 40.9 Å². The van der Waals surface area contributed by atoms with Crippen LogP contribution in [0.5, 0.6) is 57.5 Å². The Morgan fingerprint density at radius 2 is 0.505 bits per heavy atom. The molecule has 1 aliphatic carbocycles. The van der Waals surface area contributed by atoms with Crippen LogP contribution in [-0.2, 0) is 0 Å². The molecule has 2 unspecified atom stereocenters. The predicted octanol–water partition coefficient (Wildman–Crippen LogP) is 26.5. The van der Waals surface area contributed by atoms with Crippen LogP contribution in [0.2, 0.25) is 0 Å². The molecule has 0 amide bonds. The third kappa shape index (κ3) is 21.0. The smallest absolute Gasteiger partial charge is 0.230 e. The van der Waals surface area contributed by atoms with Crippen molar-refractivity contribution in [3.05, 3.63) is 152 Å². The predicted molar refractivity (Wildman–Crippen MR) is 411 cm³/mol. The monoisotopic (exact) mass is 1390 g/mol. The topological polar surface area (TPSA) is 169 Å². The minimum atomic E-state index is -0.458. The second-order valence-electron chi connectivity index (χ2n) is 29.6. The lowest BCUT2D eigenvalue weighted by Crippen LogP contribution is -2.21. The van der Waals surface area contributed by atoms with Gasteiger partial charge in [0.25, 0.3) is 0 Å². The lowest BCUT2D eigenvalue weighted by Gasteiger charge is -2.34. The largest absolute Gasteiger partial charge is 0.457 e. The van der Waals surface area contributed by atoms with E-state index in [9.17, 15) is 21.0 Å². The number of fused-ring (bicyclic) bond motifs is 2. The molecule has 12 nitrogen and oxygen atoms in total. The van der Waals surface area contributed by atoms with E-state index in [0.717, 1.165) is 152 Å². The molecule has 2 atom stereocenters. The van der Waals surface area contributed by atoms with Crippen molar-refractivity contribution in [2.45, 2.75) is 308 Å². The van der Waals surface area contributed by atoms with Crippen LogP contribution in [0.25, 0.3) is 0 Å². The summed E-state index contributed by atoms with van der Waals surface area (Å²) in [6, 6.07) is 37.4. The van der Waals surface area contributed by atoms with Crippen LogP contribution in [0, 0.1) is 45.3 Å². The van der Waals surface area contributed by atoms with Crippen molar-refractivity contribution in [3.8, 4) is 81.8 Å². The summed E-state index contributed by atoms with van der Waals surface area (Å²) >= 11 is 0. The second-order valence-corrected chi connectivity index (χ2v) is 29.6. The van der Waals surface area contributed by atoms with Gasteiger partial charge in [0.1, 0.15) is 92.9 Å². The molecule has 0 radical (unpaired) electrons. The van der Waals surface area contributed by atoms with Crippen molar-refractivity contribution in [3.63, 3.8) is 0 Å². The van der Waals surface area contributed by atoms with Gasteiger partial charge < -0.3 is 37.9 Å². The second kappa shape index (κ2) is 41.8. The normalized spacial score (nSPS) is 15.9. The molecular weight excluding hydrogens is 1280 g/mol. The van der Waals surface area contributed by atoms with Gasteiger partial charge in [-0.25, -0.2) is 0 Å². The highest BCUT2D eigenvalue weighted by Crippen LogP contribution is 2.56. The summed E-state index contributed by atoms with van der Waals surface area (Å²) < 4.78 is 56.2. The Bertz CT molecular complexity index is 3620. The Morgan fingerprint density at radius 1 is 0.272 bits per heavy atom. The van der Waals surface area contributed by atoms with Crippen molar-refractivity contribution in [1.29, 1.82) is 21.0 Å². The SMILES string of the molecule is CCCCCCCCCCCC1c2cc3c4cc2OCOc2cc5c(cc21)C(CCCCCCCCCCC)c1cc(c(Oc2cccc(C#N)c2C#N)cc1OCO5)C(CCCCCCCCCCC)c1cc(c(cc1Oc1cccc(C#N)c1C#N)OCO4)C3CCCCCCCCCCC. The summed E-state index contributed by atoms with van der Waals surface area (Å²) in [6.07, 6.45) is 45.7. The van der Waals surface area contributed by atoms with Crippen molar-refractivity contribution in [1.82, 2.24) is 0 Å². The lowest BCUT2D eigenvalue weighted by molar-refractivity contribution is 0.103. The fourth-order valence-electron chi connectivity index (χ4n) is 16.4. The summed E-state index contributed by atoms with van der Waals surface area (Å²) in [5, 5.41) is 42.9. The van der Waals surface area contributed by atoms with E-state index in [-0.39, 0.29) is 71.9 Å². The maximum Gasteiger partial charge on any atom is 0.230 e. The highest BCUT2D eigenvalue weighted by Gasteiger charge is 2.38. The van der Waals surface area contributed by atoms with Crippen LogP contribution < -0.4 is 37.9 Å². The first-order chi connectivity index (χ1) is 50.8. The Morgan fingerprint density at radius 3 is 0.757 bits per heavy atom. The molecule has 0 saturated heterocycles. The number of rotatable bonds is 44. The van der Waals surface area contributed by atoms with Crippen LogP contribution in [0.4, 0.5) is 0 Å². The fourth-order valence-corrected chi connectivity index (χ4v) is 16.4. The molecule has 0 fully saturated rings. The molecular formula is C91H116N4O8. The zero-order valence-corrected chi connectivity index (χ0v) is 62.9. The zero-order valence-electron chi connectivity index (χ0n) is 62.9. The van der Waals surface area contributed by atoms with E-state index in [1.54, 1.807) is 36.4 Å². The van der Waals surface area contributed by atoms with Gasteiger partial charge in [0.15, 0.2) is 0 Å². The molecule has 10 rings (SSSR count). The van der Waals surface area contributed by atoms with E-state index in [1.165, 1.54) is 154 Å². The van der Waals surface area contributed by atoms with Crippen molar-refractivity contribution < 1.29 is 37.9 Å². The van der Waals surface area contributed by atoms with Gasteiger partial charge in [-0.1, -0.05) is 271 Å². The molecule has 0 N–H and O–H groups in total. The quantitative estimate of drug-likeness (QED) is 0.0332. The summed E-state index contributed by atoms with van der Waals surface area (Å²) in [7, 11) is 0. The molecule has 6 aromatic rings. The molecule has 3 heterocycles. The van der Waals surface area contributed by atoms with Gasteiger partial charge in [-0.05, 0) is 74.2 Å². The molecule has 6 aromatic carbocycles. The number of unbranched alkanes of at least 4 members (excludes halogenated alkanes) is 32. The molecule has 0 saturated carbocycles. The Balaban J connectivity index is 1.24. The fraction of sp³-hybridized carbons (Fsp3) is 0.560. The molecule has 12 heteroatoms. The minimum absolute atomic E-state index is 0.0149. The Labute approximate surface area is 617 Å². The number of ether oxygens (including phenoxy) is 8. The highest BCUT2D eigenvalue weighted by atomic mass is 16.7. The average molecular weight is 1390 g/mol. The van der Waals surface area contributed by atoms with E-state index >= 15 is 0 Å². The van der Waals surface area contributed by atoms with Crippen LogP contribution in [0.15, 0.2) is 84.9 Å². The molecule has 103 heavy (non-hydrogen) atoms. The maximum atomic E-state index is 10.9. The van der Waals surface area contributed by atoms with Gasteiger partial charge in [0, 0.05) is 92.4 Å². The van der Waals surface area contributed by atoms with Crippen molar-refractivity contribution in [2.75, 3.05) is 20.4 Å². The Hall–Kier alpha value is -8.32. The van der Waals surface area contributed by atoms with Gasteiger partial charge in [0.05, 0.1) is 11.1 Å². The minimum Gasteiger partial charge on any atom is -0.457 e. The summed E-state index contributed by atoms with van der Waals surface area (Å²) in [5.41, 5.74) is 8.85. The summed E-state index contributed by atoms with van der Waals surface area (Å²) in [5.74, 6) is 4.57. The maximum absolute atomic E-state index is 10.9. The third-order valence-electron chi connectivity index (χ3n) is 22.2.